The van der Waals surface area contributed by atoms with Crippen molar-refractivity contribution < 1.29 is 18.4 Å². The highest BCUT2D eigenvalue weighted by Crippen LogP contribution is 2.45. The molecular formula is C24H31F2N5O2. The van der Waals surface area contributed by atoms with Gasteiger partial charge in [-0.15, -0.1) is 0 Å². The summed E-state index contributed by atoms with van der Waals surface area (Å²) in [5, 5.41) is 4.32. The molecule has 178 valence electrons. The Morgan fingerprint density at radius 2 is 1.88 bits per heavy atom. The SMILES string of the molecule is CC(F)(F)CCO/N=C1\c2cc(OC3CCC(N)CC3)ccc2-c2ncnc(N)c2C1(C)C. The predicted molar refractivity (Wildman–Crippen MR) is 123 cm³/mol. The normalized spacial score (nSPS) is 23.0. The quantitative estimate of drug-likeness (QED) is 0.489. The number of hydrogen-bond donors (Lipinski definition) is 2. The van der Waals surface area contributed by atoms with E-state index in [2.05, 4.69) is 15.1 Å². The van der Waals surface area contributed by atoms with E-state index in [1.807, 2.05) is 32.0 Å². The average Bonchev–Trinajstić information content (AvgIpc) is 2.73. The van der Waals surface area contributed by atoms with Gasteiger partial charge in [-0.25, -0.2) is 18.7 Å². The molecule has 0 amide bonds. The molecule has 1 aromatic carbocycles. The highest BCUT2D eigenvalue weighted by molar-refractivity contribution is 6.15. The van der Waals surface area contributed by atoms with Crippen LogP contribution in [0, 0.1) is 0 Å². The van der Waals surface area contributed by atoms with Crippen LogP contribution in [0.2, 0.25) is 0 Å². The maximum atomic E-state index is 13.2. The molecule has 1 saturated carbocycles. The third kappa shape index (κ3) is 4.93. The van der Waals surface area contributed by atoms with Gasteiger partial charge in [-0.05, 0) is 64.7 Å². The molecule has 2 aliphatic carbocycles. The number of ether oxygens (including phenoxy) is 1. The topological polar surface area (TPSA) is 109 Å². The minimum atomic E-state index is -2.82. The number of nitrogen functional groups attached to an aromatic ring is 1. The summed E-state index contributed by atoms with van der Waals surface area (Å²) in [4.78, 5) is 14.0. The summed E-state index contributed by atoms with van der Waals surface area (Å²) in [5.74, 6) is -1.76. The van der Waals surface area contributed by atoms with E-state index in [1.54, 1.807) is 0 Å². The van der Waals surface area contributed by atoms with Crippen molar-refractivity contribution in [3.8, 4) is 17.0 Å². The molecule has 0 unspecified atom stereocenters. The highest BCUT2D eigenvalue weighted by atomic mass is 19.3. The fourth-order valence-corrected chi connectivity index (χ4v) is 4.57. The summed E-state index contributed by atoms with van der Waals surface area (Å²) < 4.78 is 32.7. The summed E-state index contributed by atoms with van der Waals surface area (Å²) in [6.07, 6.45) is 4.81. The fraction of sp³-hybridized carbons (Fsp3) is 0.542. The van der Waals surface area contributed by atoms with Gasteiger partial charge in [0, 0.05) is 34.6 Å². The van der Waals surface area contributed by atoms with Crippen LogP contribution < -0.4 is 16.2 Å². The van der Waals surface area contributed by atoms with Crippen molar-refractivity contribution >= 4 is 11.5 Å². The monoisotopic (exact) mass is 459 g/mol. The van der Waals surface area contributed by atoms with Crippen molar-refractivity contribution in [2.75, 3.05) is 12.3 Å². The highest BCUT2D eigenvalue weighted by Gasteiger charge is 2.41. The van der Waals surface area contributed by atoms with E-state index < -0.39 is 17.8 Å². The number of nitrogens with zero attached hydrogens (tertiary/aromatic N) is 3. The molecule has 9 heteroatoms. The molecule has 7 nitrogen and oxygen atoms in total. The number of aromatic nitrogens is 2. The lowest BCUT2D eigenvalue weighted by Crippen LogP contribution is -2.36. The van der Waals surface area contributed by atoms with E-state index in [9.17, 15) is 8.78 Å². The molecule has 0 radical (unpaired) electrons. The van der Waals surface area contributed by atoms with Gasteiger partial charge in [0.25, 0.3) is 0 Å². The van der Waals surface area contributed by atoms with Crippen LogP contribution in [0.5, 0.6) is 5.75 Å². The lowest BCUT2D eigenvalue weighted by molar-refractivity contribution is -0.0158. The van der Waals surface area contributed by atoms with Gasteiger partial charge >= 0.3 is 0 Å². The van der Waals surface area contributed by atoms with Crippen molar-refractivity contribution in [2.24, 2.45) is 10.9 Å². The van der Waals surface area contributed by atoms with Crippen molar-refractivity contribution in [3.05, 3.63) is 35.7 Å². The second-order valence-electron chi connectivity index (χ2n) is 9.56. The minimum absolute atomic E-state index is 0.105. The lowest BCUT2D eigenvalue weighted by atomic mass is 9.70. The second kappa shape index (κ2) is 8.85. The summed E-state index contributed by atoms with van der Waals surface area (Å²) in [6.45, 7) is 4.55. The van der Waals surface area contributed by atoms with Gasteiger partial charge in [0.05, 0.1) is 17.5 Å². The smallest absolute Gasteiger partial charge is 0.248 e. The maximum absolute atomic E-state index is 13.2. The van der Waals surface area contributed by atoms with E-state index in [0.717, 1.165) is 55.0 Å². The summed E-state index contributed by atoms with van der Waals surface area (Å²) in [7, 11) is 0. The Balaban J connectivity index is 1.71. The first kappa shape index (κ1) is 23.4. The summed E-state index contributed by atoms with van der Waals surface area (Å²) >= 11 is 0. The van der Waals surface area contributed by atoms with Gasteiger partial charge in [-0.1, -0.05) is 5.16 Å². The molecule has 1 aromatic heterocycles. The first-order valence-electron chi connectivity index (χ1n) is 11.3. The van der Waals surface area contributed by atoms with E-state index in [4.69, 9.17) is 21.0 Å². The molecule has 0 spiro atoms. The molecule has 33 heavy (non-hydrogen) atoms. The molecule has 1 heterocycles. The Morgan fingerprint density at radius 1 is 1.15 bits per heavy atom. The number of anilines is 1. The Hall–Kier alpha value is -2.81. The van der Waals surface area contributed by atoms with Crippen molar-refractivity contribution in [3.63, 3.8) is 0 Å². The standard InChI is InChI=1S/C24H31F2N5O2/c1-23(2)19-20(29-13-30-22(19)28)17-9-8-16(33-15-6-4-14(27)5-7-15)12-18(17)21(23)31-32-11-10-24(3,25)26/h8-9,12-15H,4-7,10-11,27H2,1-3H3,(H2,28,29,30)/b31-21+. The molecule has 0 aliphatic heterocycles. The van der Waals surface area contributed by atoms with Crippen molar-refractivity contribution in [2.45, 2.75) is 76.4 Å². The van der Waals surface area contributed by atoms with E-state index in [1.165, 1.54) is 6.33 Å². The first-order valence-corrected chi connectivity index (χ1v) is 11.3. The molecular weight excluding hydrogens is 428 g/mol. The van der Waals surface area contributed by atoms with Crippen LogP contribution in [-0.2, 0) is 10.3 Å². The van der Waals surface area contributed by atoms with Crippen LogP contribution in [0.25, 0.3) is 11.3 Å². The third-order valence-corrected chi connectivity index (χ3v) is 6.40. The van der Waals surface area contributed by atoms with Crippen LogP contribution in [0.15, 0.2) is 29.7 Å². The fourth-order valence-electron chi connectivity index (χ4n) is 4.57. The summed E-state index contributed by atoms with van der Waals surface area (Å²) in [5.41, 5.74) is 15.2. The average molecular weight is 460 g/mol. The largest absolute Gasteiger partial charge is 0.490 e. The van der Waals surface area contributed by atoms with Gasteiger partial charge in [-0.3, -0.25) is 0 Å². The van der Waals surface area contributed by atoms with Crippen molar-refractivity contribution in [1.29, 1.82) is 0 Å². The van der Waals surface area contributed by atoms with Crippen molar-refractivity contribution in [1.82, 2.24) is 9.97 Å². The maximum Gasteiger partial charge on any atom is 0.248 e. The number of fused-ring (bicyclic) bond motifs is 3. The Morgan fingerprint density at radius 3 is 2.58 bits per heavy atom. The number of nitrogens with two attached hydrogens (primary N) is 2. The second-order valence-corrected chi connectivity index (χ2v) is 9.56. The van der Waals surface area contributed by atoms with Gasteiger partial charge in [0.15, 0.2) is 0 Å². The molecule has 2 aromatic rings. The Kier molecular flexibility index (Phi) is 6.26. The molecule has 2 aliphatic rings. The van der Waals surface area contributed by atoms with Crippen LogP contribution in [-0.4, -0.2) is 40.4 Å². The number of rotatable bonds is 6. The molecule has 0 bridgehead atoms. The van der Waals surface area contributed by atoms with Gasteiger partial charge in [0.2, 0.25) is 5.92 Å². The Labute approximate surface area is 192 Å². The van der Waals surface area contributed by atoms with Gasteiger partial charge < -0.3 is 21.0 Å². The number of hydrogen-bond acceptors (Lipinski definition) is 7. The lowest BCUT2D eigenvalue weighted by Gasteiger charge is -2.35. The first-order chi connectivity index (χ1) is 15.6. The van der Waals surface area contributed by atoms with E-state index in [0.29, 0.717) is 17.3 Å². The predicted octanol–water partition coefficient (Wildman–Crippen LogP) is 4.43. The zero-order valence-corrected chi connectivity index (χ0v) is 19.3. The molecule has 4 rings (SSSR count). The molecule has 0 atom stereocenters. The van der Waals surface area contributed by atoms with Gasteiger partial charge in [0.1, 0.15) is 24.5 Å². The number of benzene rings is 1. The third-order valence-electron chi connectivity index (χ3n) is 6.40. The summed E-state index contributed by atoms with van der Waals surface area (Å²) in [6, 6.07) is 5.99. The Bertz CT molecular complexity index is 1040. The van der Waals surface area contributed by atoms with Crippen LogP contribution in [0.4, 0.5) is 14.6 Å². The van der Waals surface area contributed by atoms with Crippen LogP contribution >= 0.6 is 0 Å². The zero-order chi connectivity index (χ0) is 23.8. The molecule has 1 fully saturated rings. The molecule has 0 saturated heterocycles. The number of alkyl halides is 2. The number of oxime groups is 1. The number of halogens is 2. The molecule has 4 N–H and O–H groups in total. The zero-order valence-electron chi connectivity index (χ0n) is 19.3. The van der Waals surface area contributed by atoms with Crippen LogP contribution in [0.3, 0.4) is 0 Å². The minimum Gasteiger partial charge on any atom is -0.490 e. The van der Waals surface area contributed by atoms with E-state index >= 15 is 0 Å². The van der Waals surface area contributed by atoms with Gasteiger partial charge in [-0.2, -0.15) is 0 Å². The van der Waals surface area contributed by atoms with Crippen LogP contribution in [0.1, 0.15) is 64.0 Å². The van der Waals surface area contributed by atoms with E-state index in [-0.39, 0.29) is 18.8 Å².